The number of nitrogens with zero attached hydrogens (tertiary/aromatic N) is 1. The van der Waals surface area contributed by atoms with Gasteiger partial charge in [-0.25, -0.2) is 4.79 Å². The number of carbonyl (C=O) groups excluding carboxylic acids is 1. The van der Waals surface area contributed by atoms with E-state index in [9.17, 15) is 9.90 Å². The van der Waals surface area contributed by atoms with Gasteiger partial charge in [0.2, 0.25) is 0 Å². The van der Waals surface area contributed by atoms with Crippen molar-refractivity contribution in [2.75, 3.05) is 13.1 Å². The second-order valence-corrected chi connectivity index (χ2v) is 7.50. The molecular weight excluding hydrogens is 314 g/mol. The van der Waals surface area contributed by atoms with Crippen molar-refractivity contribution in [2.45, 2.75) is 39.2 Å². The van der Waals surface area contributed by atoms with Crippen LogP contribution in [0.3, 0.4) is 0 Å². The fourth-order valence-corrected chi connectivity index (χ4v) is 3.07. The van der Waals surface area contributed by atoms with E-state index in [1.54, 1.807) is 17.0 Å². The Morgan fingerprint density at radius 2 is 1.56 bits per heavy atom. The van der Waals surface area contributed by atoms with E-state index in [4.69, 9.17) is 4.74 Å². The molecule has 0 aromatic heterocycles. The van der Waals surface area contributed by atoms with Gasteiger partial charge in [-0.1, -0.05) is 30.3 Å². The van der Waals surface area contributed by atoms with Crippen molar-refractivity contribution in [3.05, 3.63) is 53.6 Å². The monoisotopic (exact) mass is 339 g/mol. The molecule has 25 heavy (non-hydrogen) atoms. The molecule has 0 radical (unpaired) electrons. The molecule has 2 aromatic rings. The summed E-state index contributed by atoms with van der Waals surface area (Å²) in [5.74, 6) is 0.270. The fraction of sp³-hybridized carbons (Fsp3) is 0.381. The van der Waals surface area contributed by atoms with Crippen LogP contribution >= 0.6 is 0 Å². The van der Waals surface area contributed by atoms with Gasteiger partial charge in [0.1, 0.15) is 11.4 Å². The summed E-state index contributed by atoms with van der Waals surface area (Å²) in [5, 5.41) is 9.45. The summed E-state index contributed by atoms with van der Waals surface area (Å²) in [6, 6.07) is 13.7. The van der Waals surface area contributed by atoms with Crippen molar-refractivity contribution < 1.29 is 14.6 Å². The Morgan fingerprint density at radius 3 is 2.20 bits per heavy atom. The molecule has 1 aliphatic heterocycles. The molecule has 0 fully saturated rings. The van der Waals surface area contributed by atoms with Crippen LogP contribution < -0.4 is 0 Å². The Labute approximate surface area is 149 Å². The van der Waals surface area contributed by atoms with Crippen LogP contribution in [-0.2, 0) is 17.6 Å². The lowest BCUT2D eigenvalue weighted by atomic mass is 9.96. The van der Waals surface area contributed by atoms with Crippen molar-refractivity contribution in [3.63, 3.8) is 0 Å². The van der Waals surface area contributed by atoms with Gasteiger partial charge >= 0.3 is 6.09 Å². The maximum absolute atomic E-state index is 12.3. The first-order chi connectivity index (χ1) is 11.8. The van der Waals surface area contributed by atoms with E-state index in [2.05, 4.69) is 18.2 Å². The van der Waals surface area contributed by atoms with Gasteiger partial charge in [-0.05, 0) is 68.0 Å². The van der Waals surface area contributed by atoms with E-state index >= 15 is 0 Å². The average molecular weight is 339 g/mol. The van der Waals surface area contributed by atoms with Crippen molar-refractivity contribution in [1.29, 1.82) is 0 Å². The molecule has 3 rings (SSSR count). The highest BCUT2D eigenvalue weighted by Crippen LogP contribution is 2.26. The average Bonchev–Trinajstić information content (AvgIpc) is 2.76. The van der Waals surface area contributed by atoms with E-state index in [0.29, 0.717) is 13.1 Å². The van der Waals surface area contributed by atoms with E-state index in [0.717, 1.165) is 24.0 Å². The number of fused-ring (bicyclic) bond motifs is 1. The van der Waals surface area contributed by atoms with Gasteiger partial charge in [0.05, 0.1) is 0 Å². The predicted octanol–water partition coefficient (Wildman–Crippen LogP) is 4.39. The van der Waals surface area contributed by atoms with Gasteiger partial charge in [0, 0.05) is 13.1 Å². The molecule has 0 saturated heterocycles. The second-order valence-electron chi connectivity index (χ2n) is 7.50. The Kier molecular flexibility index (Phi) is 4.71. The second kappa shape index (κ2) is 6.79. The molecule has 0 saturated carbocycles. The van der Waals surface area contributed by atoms with Crippen LogP contribution in [0.25, 0.3) is 11.1 Å². The largest absolute Gasteiger partial charge is 0.508 e. The topological polar surface area (TPSA) is 49.8 Å². The number of phenolic OH excluding ortho intramolecular Hbond substituents is 1. The number of amides is 1. The molecule has 0 spiro atoms. The van der Waals surface area contributed by atoms with Crippen LogP contribution in [0.15, 0.2) is 42.5 Å². The molecule has 0 unspecified atom stereocenters. The van der Waals surface area contributed by atoms with Gasteiger partial charge in [-0.15, -0.1) is 0 Å². The van der Waals surface area contributed by atoms with Gasteiger partial charge < -0.3 is 14.7 Å². The zero-order valence-electron chi connectivity index (χ0n) is 15.1. The lowest BCUT2D eigenvalue weighted by Crippen LogP contribution is -2.38. The molecule has 0 atom stereocenters. The maximum Gasteiger partial charge on any atom is 0.410 e. The molecule has 0 bridgehead atoms. The van der Waals surface area contributed by atoms with E-state index in [-0.39, 0.29) is 11.8 Å². The number of phenols is 1. The molecule has 4 heteroatoms. The minimum atomic E-state index is -0.470. The SMILES string of the molecule is CC(C)(C)OC(=O)N1CCc2ccc(-c3ccc(O)cc3)cc2CC1. The highest BCUT2D eigenvalue weighted by molar-refractivity contribution is 5.69. The standard InChI is InChI=1S/C21H25NO3/c1-21(2,3)25-20(24)22-12-10-16-4-5-17(14-18(16)11-13-22)15-6-8-19(23)9-7-15/h4-9,14,23H,10-13H2,1-3H3. The molecule has 2 aromatic carbocycles. The number of aromatic hydroxyl groups is 1. The van der Waals surface area contributed by atoms with Crippen molar-refractivity contribution in [3.8, 4) is 16.9 Å². The van der Waals surface area contributed by atoms with Crippen molar-refractivity contribution in [1.82, 2.24) is 4.90 Å². The zero-order valence-corrected chi connectivity index (χ0v) is 15.1. The van der Waals surface area contributed by atoms with Crippen LogP contribution in [0.2, 0.25) is 0 Å². The Bertz CT molecular complexity index is 760. The van der Waals surface area contributed by atoms with Crippen LogP contribution in [0, 0.1) is 0 Å². The lowest BCUT2D eigenvalue weighted by molar-refractivity contribution is 0.0258. The van der Waals surface area contributed by atoms with Gasteiger partial charge in [-0.3, -0.25) is 0 Å². The van der Waals surface area contributed by atoms with Crippen LogP contribution in [0.4, 0.5) is 4.79 Å². The van der Waals surface area contributed by atoms with E-state index in [1.807, 2.05) is 32.9 Å². The number of ether oxygens (including phenoxy) is 1. The molecule has 1 aliphatic rings. The normalized spacial score (nSPS) is 14.6. The minimum Gasteiger partial charge on any atom is -0.508 e. The summed E-state index contributed by atoms with van der Waals surface area (Å²) in [5.41, 5.74) is 4.30. The molecule has 1 N–H and O–H groups in total. The van der Waals surface area contributed by atoms with Crippen molar-refractivity contribution in [2.24, 2.45) is 0 Å². The number of benzene rings is 2. The first-order valence-corrected chi connectivity index (χ1v) is 8.71. The first-order valence-electron chi connectivity index (χ1n) is 8.71. The third-order valence-electron chi connectivity index (χ3n) is 4.36. The van der Waals surface area contributed by atoms with Gasteiger partial charge in [0.25, 0.3) is 0 Å². The smallest absolute Gasteiger partial charge is 0.410 e. The van der Waals surface area contributed by atoms with E-state index in [1.165, 1.54) is 11.1 Å². The minimum absolute atomic E-state index is 0.237. The lowest BCUT2D eigenvalue weighted by Gasteiger charge is -2.26. The number of rotatable bonds is 1. The summed E-state index contributed by atoms with van der Waals surface area (Å²) in [4.78, 5) is 14.1. The number of hydrogen-bond acceptors (Lipinski definition) is 3. The summed E-state index contributed by atoms with van der Waals surface area (Å²) >= 11 is 0. The van der Waals surface area contributed by atoms with Crippen molar-refractivity contribution >= 4 is 6.09 Å². The Balaban J connectivity index is 1.76. The molecule has 1 amide bonds. The zero-order chi connectivity index (χ0) is 18.0. The highest BCUT2D eigenvalue weighted by atomic mass is 16.6. The van der Waals surface area contributed by atoms with Gasteiger partial charge in [0.15, 0.2) is 0 Å². The predicted molar refractivity (Wildman–Crippen MR) is 98.8 cm³/mol. The quantitative estimate of drug-likeness (QED) is 0.838. The molecule has 1 heterocycles. The summed E-state index contributed by atoms with van der Waals surface area (Å²) in [6.07, 6.45) is 1.42. The van der Waals surface area contributed by atoms with Gasteiger partial charge in [-0.2, -0.15) is 0 Å². The maximum atomic E-state index is 12.3. The highest BCUT2D eigenvalue weighted by Gasteiger charge is 2.24. The molecule has 132 valence electrons. The summed E-state index contributed by atoms with van der Waals surface area (Å²) in [7, 11) is 0. The number of hydrogen-bond donors (Lipinski definition) is 1. The van der Waals surface area contributed by atoms with Crippen LogP contribution in [-0.4, -0.2) is 34.8 Å². The number of carbonyl (C=O) groups is 1. The molecule has 4 nitrogen and oxygen atoms in total. The Morgan fingerprint density at radius 1 is 0.960 bits per heavy atom. The van der Waals surface area contributed by atoms with Crippen LogP contribution in [0.1, 0.15) is 31.9 Å². The first kappa shape index (κ1) is 17.3. The molecule has 0 aliphatic carbocycles. The summed E-state index contributed by atoms with van der Waals surface area (Å²) in [6.45, 7) is 7.02. The van der Waals surface area contributed by atoms with E-state index < -0.39 is 5.60 Å². The fourth-order valence-electron chi connectivity index (χ4n) is 3.07. The Hall–Kier alpha value is -2.49. The molecular formula is C21H25NO3. The third-order valence-corrected chi connectivity index (χ3v) is 4.36. The summed E-state index contributed by atoms with van der Waals surface area (Å²) < 4.78 is 5.50. The van der Waals surface area contributed by atoms with Crippen LogP contribution in [0.5, 0.6) is 5.75 Å². The third kappa shape index (κ3) is 4.32.